The van der Waals surface area contributed by atoms with Crippen LogP contribution in [0.1, 0.15) is 54.9 Å². The van der Waals surface area contributed by atoms with Crippen molar-refractivity contribution in [1.82, 2.24) is 9.47 Å². The van der Waals surface area contributed by atoms with E-state index in [-0.39, 0.29) is 23.1 Å². The Labute approximate surface area is 213 Å². The number of hydrogen-bond donors (Lipinski definition) is 1. The lowest BCUT2D eigenvalue weighted by Gasteiger charge is -2.22. The number of rotatable bonds is 6. The van der Waals surface area contributed by atoms with E-state index < -0.39 is 0 Å². The molecule has 6 nitrogen and oxygen atoms in total. The number of carbonyl (C=O) groups is 1. The smallest absolute Gasteiger partial charge is 0.270 e. The molecular weight excluding hydrogens is 488 g/mol. The molecular formula is C25H25ClN4O2S2. The number of nitrogens with zero attached hydrogens (tertiary/aromatic N) is 3. The van der Waals surface area contributed by atoms with Crippen molar-refractivity contribution >= 4 is 57.7 Å². The first-order chi connectivity index (χ1) is 16.4. The number of nitrogens with one attached hydrogen (secondary N) is 1. The molecule has 4 rings (SSSR count). The number of thiocarbonyl (C=S) groups is 1. The van der Waals surface area contributed by atoms with Gasteiger partial charge >= 0.3 is 0 Å². The summed E-state index contributed by atoms with van der Waals surface area (Å²) in [6.45, 7) is 4.34. The van der Waals surface area contributed by atoms with E-state index in [2.05, 4.69) is 5.32 Å². The van der Waals surface area contributed by atoms with Crippen molar-refractivity contribution < 1.29 is 4.79 Å². The lowest BCUT2D eigenvalue weighted by Crippen LogP contribution is -2.36. The third-order valence-electron chi connectivity index (χ3n) is 6.38. The topological polar surface area (TPSA) is 78.1 Å². The number of halogens is 1. The van der Waals surface area contributed by atoms with E-state index in [0.29, 0.717) is 44.3 Å². The van der Waals surface area contributed by atoms with E-state index in [1.807, 2.05) is 37.3 Å². The first-order valence-corrected chi connectivity index (χ1v) is 12.9. The van der Waals surface area contributed by atoms with Gasteiger partial charge in [-0.3, -0.25) is 19.1 Å². The molecule has 9 heteroatoms. The Kier molecular flexibility index (Phi) is 7.46. The quantitative estimate of drug-likeness (QED) is 0.409. The van der Waals surface area contributed by atoms with Gasteiger partial charge in [0.15, 0.2) is 0 Å². The summed E-state index contributed by atoms with van der Waals surface area (Å²) in [7, 11) is 0. The minimum absolute atomic E-state index is 0.0719. The Hall–Kier alpha value is -2.60. The standard InChI is InChI=1S/C25H25ClN4O2S2/c1-3-29-22(28-14-16-8-4-7-11-20(16)26)18(15(2)19(13-27)23(29)31)12-21-24(32)30(25(33)34-21)17-9-5-6-10-17/h4,7-8,11-12,17,28H,3,5-6,9-10,14H2,1-2H3/b21-12+. The average Bonchev–Trinajstić information content (AvgIpc) is 3.43. The molecule has 1 saturated heterocycles. The van der Waals surface area contributed by atoms with Gasteiger partial charge < -0.3 is 5.32 Å². The van der Waals surface area contributed by atoms with Crippen LogP contribution in [0.2, 0.25) is 5.02 Å². The summed E-state index contributed by atoms with van der Waals surface area (Å²) in [5.41, 5.74) is 1.75. The van der Waals surface area contributed by atoms with Gasteiger partial charge in [0.2, 0.25) is 0 Å². The predicted molar refractivity (Wildman–Crippen MR) is 142 cm³/mol. The van der Waals surface area contributed by atoms with Gasteiger partial charge in [-0.1, -0.05) is 66.6 Å². The molecule has 0 atom stereocenters. The second kappa shape index (κ2) is 10.3. The van der Waals surface area contributed by atoms with Crippen LogP contribution in [0.3, 0.4) is 0 Å². The molecule has 1 aliphatic heterocycles. The molecule has 34 heavy (non-hydrogen) atoms. The maximum Gasteiger partial charge on any atom is 0.270 e. The molecule has 1 aromatic carbocycles. The average molecular weight is 513 g/mol. The molecule has 1 N–H and O–H groups in total. The first-order valence-electron chi connectivity index (χ1n) is 11.3. The molecule has 0 unspecified atom stereocenters. The van der Waals surface area contributed by atoms with Crippen LogP contribution in [-0.4, -0.2) is 25.7 Å². The van der Waals surface area contributed by atoms with Crippen LogP contribution < -0.4 is 10.9 Å². The Morgan fingerprint density at radius 3 is 2.65 bits per heavy atom. The van der Waals surface area contributed by atoms with Crippen molar-refractivity contribution in [3.05, 3.63) is 66.8 Å². The maximum absolute atomic E-state index is 13.3. The number of pyridine rings is 1. The summed E-state index contributed by atoms with van der Waals surface area (Å²) in [6, 6.07) is 9.67. The van der Waals surface area contributed by atoms with Gasteiger partial charge in [0.25, 0.3) is 11.5 Å². The van der Waals surface area contributed by atoms with Gasteiger partial charge in [0, 0.05) is 29.7 Å². The van der Waals surface area contributed by atoms with Crippen molar-refractivity contribution in [2.24, 2.45) is 0 Å². The number of thioether (sulfide) groups is 1. The summed E-state index contributed by atoms with van der Waals surface area (Å²) in [4.78, 5) is 28.6. The highest BCUT2D eigenvalue weighted by molar-refractivity contribution is 8.26. The Morgan fingerprint density at radius 1 is 1.29 bits per heavy atom. The fourth-order valence-corrected chi connectivity index (χ4v) is 6.15. The number of benzene rings is 1. The number of amides is 1. The molecule has 0 spiro atoms. The van der Waals surface area contributed by atoms with Crippen molar-refractivity contribution in [3.63, 3.8) is 0 Å². The number of aromatic nitrogens is 1. The minimum Gasteiger partial charge on any atom is -0.367 e. The molecule has 2 fully saturated rings. The van der Waals surface area contributed by atoms with E-state index in [1.54, 1.807) is 17.9 Å². The van der Waals surface area contributed by atoms with E-state index in [9.17, 15) is 14.9 Å². The van der Waals surface area contributed by atoms with Gasteiger partial charge in [-0.2, -0.15) is 5.26 Å². The molecule has 1 aliphatic carbocycles. The molecule has 1 aromatic heterocycles. The third kappa shape index (κ3) is 4.52. The second-order valence-corrected chi connectivity index (χ2v) is 10.4. The molecule has 1 saturated carbocycles. The Morgan fingerprint density at radius 2 is 2.00 bits per heavy atom. The van der Waals surface area contributed by atoms with Crippen molar-refractivity contribution in [3.8, 4) is 6.07 Å². The van der Waals surface area contributed by atoms with E-state index in [1.165, 1.54) is 16.3 Å². The van der Waals surface area contributed by atoms with Crippen LogP contribution in [-0.2, 0) is 17.9 Å². The number of carbonyl (C=O) groups excluding carboxylic acids is 1. The molecule has 176 valence electrons. The van der Waals surface area contributed by atoms with Gasteiger partial charge in [0.05, 0.1) is 4.91 Å². The Bertz CT molecular complexity index is 1290. The highest BCUT2D eigenvalue weighted by Crippen LogP contribution is 2.39. The lowest BCUT2D eigenvalue weighted by atomic mass is 10.0. The fourth-order valence-electron chi connectivity index (χ4n) is 4.56. The summed E-state index contributed by atoms with van der Waals surface area (Å²) in [5.74, 6) is 0.446. The summed E-state index contributed by atoms with van der Waals surface area (Å²) in [5, 5.41) is 13.7. The zero-order chi connectivity index (χ0) is 24.4. The van der Waals surface area contributed by atoms with Crippen molar-refractivity contribution in [2.45, 2.75) is 58.7 Å². The fraction of sp³-hybridized carbons (Fsp3) is 0.360. The predicted octanol–water partition coefficient (Wildman–Crippen LogP) is 5.46. The number of nitriles is 1. The van der Waals surface area contributed by atoms with Crippen LogP contribution in [0, 0.1) is 18.3 Å². The third-order valence-corrected chi connectivity index (χ3v) is 8.08. The van der Waals surface area contributed by atoms with Crippen molar-refractivity contribution in [2.75, 3.05) is 5.32 Å². The SMILES string of the molecule is CCn1c(NCc2ccccc2Cl)c(/C=C2/SC(=S)N(C3CCCC3)C2=O)c(C)c(C#N)c1=O. The summed E-state index contributed by atoms with van der Waals surface area (Å²) >= 11 is 13.2. The molecule has 1 amide bonds. The lowest BCUT2D eigenvalue weighted by molar-refractivity contribution is -0.123. The van der Waals surface area contributed by atoms with Crippen LogP contribution in [0.5, 0.6) is 0 Å². The zero-order valence-electron chi connectivity index (χ0n) is 19.1. The van der Waals surface area contributed by atoms with Crippen LogP contribution in [0.15, 0.2) is 34.0 Å². The Balaban J connectivity index is 1.80. The molecule has 0 radical (unpaired) electrons. The van der Waals surface area contributed by atoms with Crippen molar-refractivity contribution in [1.29, 1.82) is 5.26 Å². The van der Waals surface area contributed by atoms with Crippen LogP contribution in [0.25, 0.3) is 6.08 Å². The zero-order valence-corrected chi connectivity index (χ0v) is 21.4. The molecule has 2 aliphatic rings. The van der Waals surface area contributed by atoms with E-state index in [4.69, 9.17) is 23.8 Å². The van der Waals surface area contributed by atoms with Gasteiger partial charge in [-0.15, -0.1) is 0 Å². The minimum atomic E-state index is -0.361. The largest absolute Gasteiger partial charge is 0.367 e. The monoisotopic (exact) mass is 512 g/mol. The molecule has 2 heterocycles. The molecule has 0 bridgehead atoms. The van der Waals surface area contributed by atoms with E-state index in [0.717, 1.165) is 31.2 Å². The normalized spacial score (nSPS) is 17.6. The van der Waals surface area contributed by atoms with Crippen LogP contribution >= 0.6 is 35.6 Å². The molecule has 2 aromatic rings. The first kappa shape index (κ1) is 24.5. The van der Waals surface area contributed by atoms with Crippen LogP contribution in [0.4, 0.5) is 5.82 Å². The number of hydrogen-bond acceptors (Lipinski definition) is 6. The number of anilines is 1. The second-order valence-electron chi connectivity index (χ2n) is 8.36. The van der Waals surface area contributed by atoms with E-state index >= 15 is 0 Å². The van der Waals surface area contributed by atoms with Gasteiger partial charge in [-0.05, 0) is 50.0 Å². The summed E-state index contributed by atoms with van der Waals surface area (Å²) in [6.07, 6.45) is 5.89. The maximum atomic E-state index is 13.3. The van der Waals surface area contributed by atoms with Gasteiger partial charge in [0.1, 0.15) is 21.8 Å². The van der Waals surface area contributed by atoms with Gasteiger partial charge in [-0.25, -0.2) is 0 Å². The summed E-state index contributed by atoms with van der Waals surface area (Å²) < 4.78 is 2.10. The highest BCUT2D eigenvalue weighted by atomic mass is 35.5. The highest BCUT2D eigenvalue weighted by Gasteiger charge is 2.38.